The average Bonchev–Trinajstić information content (AvgIpc) is 3.35. The zero-order chi connectivity index (χ0) is 55.8. The van der Waals surface area contributed by atoms with Crippen molar-refractivity contribution in [2.75, 3.05) is 6.54 Å². The van der Waals surface area contributed by atoms with Crippen molar-refractivity contribution in [1.82, 2.24) is 37.2 Å². The number of nitrogens with one attached hydrogen (secondary N) is 7. The summed E-state index contributed by atoms with van der Waals surface area (Å²) in [6.45, 7) is 2.36. The predicted octanol–water partition coefficient (Wildman–Crippen LogP) is -2.98. The van der Waals surface area contributed by atoms with Crippen LogP contribution in [0.15, 0.2) is 89.9 Å². The Balaban J connectivity index is 1.83. The SMILES string of the molecule is C[C@H](NC(=O)[C@@H](N)Cc1ccc(O)cc1)C(=O)N[C@@H](CCCN=C(N)N)C(=O)N[C@H](C(=O)N[C@@H](CCC(=O)O)C(=O)N[C@@H](CC(=O)O)C(=O)N[C@@H](Cc1ccccc1)C(=O)N[C@@H](Cc1ccccc1)C(=O)O)[C@@H](C)O. The van der Waals surface area contributed by atoms with Gasteiger partial charge in [0.2, 0.25) is 41.4 Å². The highest BCUT2D eigenvalue weighted by molar-refractivity contribution is 5.98. The number of hydrogen-bond acceptors (Lipinski definition) is 14. The zero-order valence-electron chi connectivity index (χ0n) is 41.1. The maximum atomic E-state index is 13.9. The molecule has 9 atom stereocenters. The molecule has 75 heavy (non-hydrogen) atoms. The Morgan fingerprint density at radius 1 is 0.520 bits per heavy atom. The van der Waals surface area contributed by atoms with Gasteiger partial charge in [0.15, 0.2) is 5.96 Å². The lowest BCUT2D eigenvalue weighted by atomic mass is 10.0. The maximum Gasteiger partial charge on any atom is 0.326 e. The van der Waals surface area contributed by atoms with Gasteiger partial charge in [0.05, 0.1) is 18.6 Å². The van der Waals surface area contributed by atoms with Gasteiger partial charge in [0.25, 0.3) is 0 Å². The van der Waals surface area contributed by atoms with Gasteiger partial charge in [0.1, 0.15) is 48.0 Å². The van der Waals surface area contributed by atoms with Gasteiger partial charge >= 0.3 is 17.9 Å². The van der Waals surface area contributed by atoms with Crippen molar-refractivity contribution in [3.8, 4) is 5.75 Å². The molecule has 0 bridgehead atoms. The number of aliphatic hydroxyl groups is 1. The molecule has 0 heterocycles. The van der Waals surface area contributed by atoms with Crippen LogP contribution in [0.1, 0.15) is 62.6 Å². The van der Waals surface area contributed by atoms with E-state index in [0.29, 0.717) is 16.7 Å². The number of carboxylic acids is 3. The summed E-state index contributed by atoms with van der Waals surface area (Å²) in [6, 6.07) is 9.69. The van der Waals surface area contributed by atoms with Crippen LogP contribution < -0.4 is 54.4 Å². The Morgan fingerprint density at radius 2 is 0.987 bits per heavy atom. The Labute approximate surface area is 430 Å². The van der Waals surface area contributed by atoms with E-state index in [2.05, 4.69) is 42.2 Å². The minimum Gasteiger partial charge on any atom is -0.508 e. The number of hydrogen-bond donors (Lipinski definition) is 15. The fourth-order valence-electron chi connectivity index (χ4n) is 7.20. The maximum absolute atomic E-state index is 13.9. The highest BCUT2D eigenvalue weighted by Gasteiger charge is 2.36. The number of amides is 7. The summed E-state index contributed by atoms with van der Waals surface area (Å²) < 4.78 is 0. The fraction of sp³-hybridized carbons (Fsp3) is 0.408. The first kappa shape index (κ1) is 60.7. The number of carbonyl (C=O) groups is 10. The van der Waals surface area contributed by atoms with Gasteiger partial charge < -0.3 is 80.0 Å². The van der Waals surface area contributed by atoms with Crippen molar-refractivity contribution in [2.45, 2.75) is 120 Å². The van der Waals surface area contributed by atoms with E-state index in [4.69, 9.17) is 17.2 Å². The number of carbonyl (C=O) groups excluding carboxylic acids is 7. The van der Waals surface area contributed by atoms with Crippen LogP contribution in [0.5, 0.6) is 5.75 Å². The Morgan fingerprint density at radius 3 is 1.52 bits per heavy atom. The summed E-state index contributed by atoms with van der Waals surface area (Å²) in [5.41, 5.74) is 18.5. The van der Waals surface area contributed by atoms with Crippen molar-refractivity contribution < 1.29 is 73.5 Å². The summed E-state index contributed by atoms with van der Waals surface area (Å²) in [7, 11) is 0. The Hall–Kier alpha value is -8.65. The number of carboxylic acid groups (broad SMARTS) is 3. The molecule has 0 spiro atoms. The molecular weight excluding hydrogens is 983 g/mol. The second-order valence-electron chi connectivity index (χ2n) is 17.4. The van der Waals surface area contributed by atoms with Gasteiger partial charge in [-0.05, 0) is 68.4 Å². The molecule has 0 saturated carbocycles. The number of rotatable bonds is 31. The minimum absolute atomic E-state index is 0.000365. The van der Waals surface area contributed by atoms with Gasteiger partial charge in [-0.2, -0.15) is 0 Å². The number of benzene rings is 3. The largest absolute Gasteiger partial charge is 0.508 e. The molecule has 26 nitrogen and oxygen atoms in total. The number of phenols is 1. The van der Waals surface area contributed by atoms with E-state index in [1.54, 1.807) is 72.8 Å². The molecule has 3 rings (SSSR count). The highest BCUT2D eigenvalue weighted by atomic mass is 16.4. The number of aromatic hydroxyl groups is 1. The summed E-state index contributed by atoms with van der Waals surface area (Å²) in [4.78, 5) is 135. The van der Waals surface area contributed by atoms with E-state index in [9.17, 15) is 73.5 Å². The van der Waals surface area contributed by atoms with Crippen molar-refractivity contribution in [2.24, 2.45) is 22.2 Å². The molecule has 0 fully saturated rings. The van der Waals surface area contributed by atoms with Gasteiger partial charge in [-0.1, -0.05) is 72.8 Å². The fourth-order valence-corrected chi connectivity index (χ4v) is 7.20. The van der Waals surface area contributed by atoms with E-state index >= 15 is 0 Å². The predicted molar refractivity (Wildman–Crippen MR) is 268 cm³/mol. The first-order chi connectivity index (χ1) is 35.4. The van der Waals surface area contributed by atoms with Crippen molar-refractivity contribution in [3.63, 3.8) is 0 Å². The van der Waals surface area contributed by atoms with Crippen molar-refractivity contribution >= 4 is 65.2 Å². The van der Waals surface area contributed by atoms with Crippen LogP contribution in [-0.2, 0) is 67.2 Å². The van der Waals surface area contributed by atoms with Crippen LogP contribution in [0.25, 0.3) is 0 Å². The average molecular weight is 1050 g/mol. The van der Waals surface area contributed by atoms with E-state index in [1.807, 2.05) is 0 Å². The Bertz CT molecular complexity index is 2480. The number of aliphatic carboxylic acids is 3. The number of phenolic OH excluding ortho intramolecular Hbond substituents is 1. The van der Waals surface area contributed by atoms with Gasteiger partial charge in [-0.15, -0.1) is 0 Å². The molecule has 406 valence electrons. The quantitative estimate of drug-likeness (QED) is 0.0174. The first-order valence-corrected chi connectivity index (χ1v) is 23.6. The third-order valence-corrected chi connectivity index (χ3v) is 11.2. The molecule has 0 radical (unpaired) electrons. The molecule has 7 amide bonds. The summed E-state index contributed by atoms with van der Waals surface area (Å²) in [5, 5.41) is 65.9. The molecule has 26 heteroatoms. The van der Waals surface area contributed by atoms with E-state index in [-0.39, 0.29) is 50.4 Å². The normalized spacial score (nSPS) is 14.5. The monoisotopic (exact) mass is 1050 g/mol. The highest BCUT2D eigenvalue weighted by Crippen LogP contribution is 2.13. The van der Waals surface area contributed by atoms with Crippen molar-refractivity contribution in [3.05, 3.63) is 102 Å². The molecule has 0 aliphatic heterocycles. The standard InChI is InChI=1S/C49H65N11O15/c1-26(54-42(68)32(50)22-30-15-17-31(62)18-16-30)41(67)55-33(14-9-21-53-49(51)52)44(70)60-40(27(2)61)47(73)56-34(19-20-38(63)64)43(69)58-36(25-39(65)66)46(72)57-35(23-28-10-5-3-6-11-28)45(71)59-37(48(74)75)24-29-12-7-4-8-13-29/h3-8,10-13,15-18,26-27,32-37,40,61-62H,9,14,19-25,50H2,1-2H3,(H,54,68)(H,55,67)(H,56,73)(H,57,72)(H,58,69)(H,59,71)(H,60,70)(H,63,64)(H,65,66)(H,74,75)(H4,51,52,53)/t26-,27+,32-,33-,34-,35-,36-,37-,40-/m0/s1. The minimum atomic E-state index is -2.00. The number of guanidine groups is 1. The molecule has 0 unspecified atom stereocenters. The molecule has 0 aromatic heterocycles. The smallest absolute Gasteiger partial charge is 0.326 e. The van der Waals surface area contributed by atoms with Crippen LogP contribution in [0.4, 0.5) is 0 Å². The third kappa shape index (κ3) is 21.9. The lowest BCUT2D eigenvalue weighted by Crippen LogP contribution is -2.62. The van der Waals surface area contributed by atoms with Gasteiger partial charge in [-0.25, -0.2) is 4.79 Å². The van der Waals surface area contributed by atoms with Crippen LogP contribution in [-0.4, -0.2) is 152 Å². The summed E-state index contributed by atoms with van der Waals surface area (Å²) in [6.07, 6.45) is -4.77. The molecule has 18 N–H and O–H groups in total. The lowest BCUT2D eigenvalue weighted by molar-refractivity contribution is -0.143. The number of aliphatic hydroxyl groups excluding tert-OH is 1. The second-order valence-corrected chi connectivity index (χ2v) is 17.4. The first-order valence-electron chi connectivity index (χ1n) is 23.6. The third-order valence-electron chi connectivity index (χ3n) is 11.2. The zero-order valence-corrected chi connectivity index (χ0v) is 41.1. The van der Waals surface area contributed by atoms with Crippen LogP contribution >= 0.6 is 0 Å². The molecule has 3 aromatic carbocycles. The van der Waals surface area contributed by atoms with Crippen LogP contribution in [0, 0.1) is 0 Å². The van der Waals surface area contributed by atoms with Crippen LogP contribution in [0.3, 0.4) is 0 Å². The van der Waals surface area contributed by atoms with Crippen molar-refractivity contribution in [1.29, 1.82) is 0 Å². The Kier molecular flexibility index (Phi) is 24.6. The van der Waals surface area contributed by atoms with E-state index in [1.165, 1.54) is 19.1 Å². The number of aliphatic imine (C=N–C) groups is 1. The van der Waals surface area contributed by atoms with Gasteiger partial charge in [0, 0.05) is 25.8 Å². The topological polar surface area (TPSA) is 446 Å². The lowest BCUT2D eigenvalue weighted by Gasteiger charge is -2.28. The van der Waals surface area contributed by atoms with Gasteiger partial charge in [-0.3, -0.25) is 48.1 Å². The van der Waals surface area contributed by atoms with Crippen LogP contribution in [0.2, 0.25) is 0 Å². The molecule has 3 aromatic rings. The summed E-state index contributed by atoms with van der Waals surface area (Å²) in [5.74, 6) is -12.2. The van der Waals surface area contributed by atoms with E-state index < -0.39 is 133 Å². The number of nitrogens with two attached hydrogens (primary N) is 3. The molecule has 0 aliphatic carbocycles. The molecular formula is C49H65N11O15. The van der Waals surface area contributed by atoms with E-state index in [0.717, 1.165) is 6.92 Å². The summed E-state index contributed by atoms with van der Waals surface area (Å²) >= 11 is 0. The second kappa shape index (κ2) is 30.4. The molecule has 0 saturated heterocycles. The molecule has 0 aliphatic rings. The number of nitrogens with zero attached hydrogens (tertiary/aromatic N) is 1.